The molecule has 3 aromatic rings. The Morgan fingerprint density at radius 3 is 2.71 bits per heavy atom. The number of halogens is 3. The number of fused-ring (bicyclic) bond motifs is 1. The van der Waals surface area contributed by atoms with Crippen molar-refractivity contribution in [3.8, 4) is 0 Å². The van der Waals surface area contributed by atoms with E-state index in [1.165, 1.54) is 0 Å². The highest BCUT2D eigenvalue weighted by atomic mass is 32.2. The highest BCUT2D eigenvalue weighted by Crippen LogP contribution is 2.22. The van der Waals surface area contributed by atoms with Gasteiger partial charge in [0.2, 0.25) is 11.8 Å². The zero-order valence-corrected chi connectivity index (χ0v) is 15.3. The second kappa shape index (κ2) is 8.30. The third kappa shape index (κ3) is 4.25. The lowest BCUT2D eigenvalue weighted by molar-refractivity contribution is -0.123. The van der Waals surface area contributed by atoms with E-state index in [0.717, 1.165) is 17.8 Å². The lowest BCUT2D eigenvalue weighted by Gasteiger charge is -2.11. The molecule has 1 atom stereocenters. The molecule has 0 unspecified atom stereocenters. The molecule has 11 heteroatoms. The van der Waals surface area contributed by atoms with Crippen LogP contribution in [0.4, 0.5) is 18.9 Å². The summed E-state index contributed by atoms with van der Waals surface area (Å²) in [6.45, 7) is 1.15. The topological polar surface area (TPSA) is 88.4 Å². The van der Waals surface area contributed by atoms with Crippen LogP contribution >= 0.6 is 11.8 Å². The SMILES string of the molecule is C[C@H](Sc1nnc2ccccn12)C(=O)NCC(=O)Nc1ccc(F)c(F)c1F. The van der Waals surface area contributed by atoms with Gasteiger partial charge in [-0.05, 0) is 31.2 Å². The number of aromatic nitrogens is 3. The van der Waals surface area contributed by atoms with Crippen molar-refractivity contribution in [2.75, 3.05) is 11.9 Å². The normalized spacial score (nSPS) is 12.0. The third-order valence-electron chi connectivity index (χ3n) is 3.67. The molecule has 0 saturated heterocycles. The van der Waals surface area contributed by atoms with Gasteiger partial charge >= 0.3 is 0 Å². The summed E-state index contributed by atoms with van der Waals surface area (Å²) in [6.07, 6.45) is 1.76. The predicted octanol–water partition coefficient (Wildman–Crippen LogP) is 2.38. The van der Waals surface area contributed by atoms with Crippen molar-refractivity contribution in [3.05, 3.63) is 54.0 Å². The maximum Gasteiger partial charge on any atom is 0.243 e. The van der Waals surface area contributed by atoms with E-state index in [2.05, 4.69) is 20.8 Å². The Morgan fingerprint density at radius 1 is 1.14 bits per heavy atom. The van der Waals surface area contributed by atoms with Gasteiger partial charge in [0.1, 0.15) is 0 Å². The summed E-state index contributed by atoms with van der Waals surface area (Å²) >= 11 is 1.14. The van der Waals surface area contributed by atoms with Crippen LogP contribution in [0.15, 0.2) is 41.7 Å². The Hall–Kier alpha value is -3.08. The van der Waals surface area contributed by atoms with E-state index in [1.807, 2.05) is 6.07 Å². The third-order valence-corrected chi connectivity index (χ3v) is 4.72. The summed E-state index contributed by atoms with van der Waals surface area (Å²) in [4.78, 5) is 24.0. The maximum atomic E-state index is 13.6. The average Bonchev–Trinajstić information content (AvgIpc) is 3.09. The highest BCUT2D eigenvalue weighted by Gasteiger charge is 2.19. The molecule has 2 heterocycles. The fraction of sp³-hybridized carbons (Fsp3) is 0.176. The number of carbonyl (C=O) groups is 2. The lowest BCUT2D eigenvalue weighted by atomic mass is 10.2. The van der Waals surface area contributed by atoms with Crippen LogP contribution in [-0.4, -0.2) is 38.2 Å². The zero-order chi connectivity index (χ0) is 20.3. The highest BCUT2D eigenvalue weighted by molar-refractivity contribution is 8.00. The van der Waals surface area contributed by atoms with Gasteiger partial charge in [-0.2, -0.15) is 0 Å². The first-order valence-electron chi connectivity index (χ1n) is 8.04. The van der Waals surface area contributed by atoms with Crippen molar-refractivity contribution >= 4 is 34.9 Å². The quantitative estimate of drug-likeness (QED) is 0.482. The molecule has 0 saturated carbocycles. The van der Waals surface area contributed by atoms with Gasteiger partial charge in [0, 0.05) is 6.20 Å². The van der Waals surface area contributed by atoms with Crippen LogP contribution in [0.5, 0.6) is 0 Å². The molecule has 0 aliphatic heterocycles. The van der Waals surface area contributed by atoms with E-state index in [9.17, 15) is 22.8 Å². The molecule has 0 aliphatic rings. The number of hydrogen-bond acceptors (Lipinski definition) is 5. The molecule has 0 aliphatic carbocycles. The standard InChI is InChI=1S/C17H14F3N5O2S/c1-9(28-17-24-23-12-4-2-3-7-25(12)17)16(27)21-8-13(26)22-11-6-5-10(18)14(19)15(11)20/h2-7,9H,8H2,1H3,(H,21,27)(H,22,26)/t9-/m0/s1. The van der Waals surface area contributed by atoms with Crippen LogP contribution in [0.25, 0.3) is 5.65 Å². The Morgan fingerprint density at radius 2 is 1.93 bits per heavy atom. The Balaban J connectivity index is 1.54. The summed E-state index contributed by atoms with van der Waals surface area (Å²) in [5.74, 6) is -5.81. The summed E-state index contributed by atoms with van der Waals surface area (Å²) in [6, 6.07) is 6.95. The Bertz CT molecular complexity index is 1040. The summed E-state index contributed by atoms with van der Waals surface area (Å²) in [5.41, 5.74) is 0.112. The lowest BCUT2D eigenvalue weighted by Crippen LogP contribution is -2.37. The van der Waals surface area contributed by atoms with Crippen molar-refractivity contribution in [1.29, 1.82) is 0 Å². The van der Waals surface area contributed by atoms with Crippen molar-refractivity contribution in [2.45, 2.75) is 17.3 Å². The molecule has 0 fully saturated rings. The molecule has 0 bridgehead atoms. The fourth-order valence-corrected chi connectivity index (χ4v) is 3.10. The Kier molecular flexibility index (Phi) is 5.83. The van der Waals surface area contributed by atoms with Crippen LogP contribution in [0.2, 0.25) is 0 Å². The molecule has 7 nitrogen and oxygen atoms in total. The number of nitrogens with zero attached hydrogens (tertiary/aromatic N) is 3. The second-order valence-corrected chi connectivity index (χ2v) is 6.97. The van der Waals surface area contributed by atoms with Gasteiger partial charge in [-0.1, -0.05) is 17.8 Å². The molecule has 2 aromatic heterocycles. The minimum atomic E-state index is -1.69. The summed E-state index contributed by atoms with van der Waals surface area (Å²) in [5, 5.41) is 12.4. The number of rotatable bonds is 6. The number of nitrogens with one attached hydrogen (secondary N) is 2. The number of carbonyl (C=O) groups excluding carboxylic acids is 2. The average molecular weight is 409 g/mol. The number of pyridine rings is 1. The van der Waals surface area contributed by atoms with Crippen LogP contribution in [0.3, 0.4) is 0 Å². The van der Waals surface area contributed by atoms with E-state index in [1.54, 1.807) is 29.7 Å². The van der Waals surface area contributed by atoms with E-state index in [4.69, 9.17) is 0 Å². The van der Waals surface area contributed by atoms with Crippen LogP contribution < -0.4 is 10.6 Å². The number of thioether (sulfide) groups is 1. The van der Waals surface area contributed by atoms with Crippen molar-refractivity contribution < 1.29 is 22.8 Å². The summed E-state index contributed by atoms with van der Waals surface area (Å²) in [7, 11) is 0. The van der Waals surface area contributed by atoms with Gasteiger partial charge in [0.05, 0.1) is 17.5 Å². The van der Waals surface area contributed by atoms with E-state index < -0.39 is 46.7 Å². The largest absolute Gasteiger partial charge is 0.346 e. The van der Waals surface area contributed by atoms with Crippen molar-refractivity contribution in [1.82, 2.24) is 19.9 Å². The molecule has 1 aromatic carbocycles. The monoisotopic (exact) mass is 409 g/mol. The first kappa shape index (κ1) is 19.7. The number of benzene rings is 1. The van der Waals surface area contributed by atoms with Crippen LogP contribution in [0, 0.1) is 17.5 Å². The number of hydrogen-bond donors (Lipinski definition) is 2. The molecule has 146 valence electrons. The zero-order valence-electron chi connectivity index (χ0n) is 14.4. The molecular weight excluding hydrogens is 395 g/mol. The smallest absolute Gasteiger partial charge is 0.243 e. The van der Waals surface area contributed by atoms with Gasteiger partial charge < -0.3 is 10.6 Å². The van der Waals surface area contributed by atoms with Crippen LogP contribution in [0.1, 0.15) is 6.92 Å². The maximum absolute atomic E-state index is 13.6. The van der Waals surface area contributed by atoms with E-state index in [0.29, 0.717) is 16.9 Å². The summed E-state index contributed by atoms with van der Waals surface area (Å²) < 4.78 is 41.3. The molecule has 0 spiro atoms. The minimum absolute atomic E-state index is 0.460. The predicted molar refractivity (Wildman–Crippen MR) is 96.3 cm³/mol. The van der Waals surface area contributed by atoms with Gasteiger partial charge in [-0.25, -0.2) is 13.2 Å². The van der Waals surface area contributed by atoms with Crippen molar-refractivity contribution in [3.63, 3.8) is 0 Å². The molecule has 3 rings (SSSR count). The van der Waals surface area contributed by atoms with Crippen molar-refractivity contribution in [2.24, 2.45) is 0 Å². The second-order valence-electron chi connectivity index (χ2n) is 5.66. The molecule has 0 radical (unpaired) electrons. The minimum Gasteiger partial charge on any atom is -0.346 e. The van der Waals surface area contributed by atoms with Gasteiger partial charge in [-0.3, -0.25) is 14.0 Å². The Labute approximate surface area is 161 Å². The van der Waals surface area contributed by atoms with E-state index in [-0.39, 0.29) is 0 Å². The fourth-order valence-electron chi connectivity index (χ4n) is 2.24. The molecular formula is C17H14F3N5O2S. The molecule has 2 N–H and O–H groups in total. The first-order chi connectivity index (χ1) is 13.4. The van der Waals surface area contributed by atoms with E-state index >= 15 is 0 Å². The molecule has 28 heavy (non-hydrogen) atoms. The first-order valence-corrected chi connectivity index (χ1v) is 8.92. The van der Waals surface area contributed by atoms with Crippen LogP contribution in [-0.2, 0) is 9.59 Å². The number of amides is 2. The van der Waals surface area contributed by atoms with Gasteiger partial charge in [0.15, 0.2) is 28.3 Å². The van der Waals surface area contributed by atoms with Gasteiger partial charge in [0.25, 0.3) is 0 Å². The molecule has 2 amide bonds. The number of anilines is 1. The van der Waals surface area contributed by atoms with Gasteiger partial charge in [-0.15, -0.1) is 10.2 Å².